The minimum atomic E-state index is -5.14. The zero-order chi connectivity index (χ0) is 40.9. The van der Waals surface area contributed by atoms with Crippen LogP contribution in [0, 0.1) is 0 Å². The molecule has 8 unspecified atom stereocenters. The second kappa shape index (κ2) is 31.7. The summed E-state index contributed by atoms with van der Waals surface area (Å²) in [5, 5.41) is 74.0. The molecule has 0 aromatic rings. The zero-order valence-electron chi connectivity index (χ0n) is 33.8. The molecule has 1 amide bonds. The Morgan fingerprint density at radius 3 is 1.60 bits per heavy atom. The molecule has 0 spiro atoms. The third kappa shape index (κ3) is 24.3. The average Bonchev–Trinajstić information content (AvgIpc) is 3.15. The van der Waals surface area contributed by atoms with Gasteiger partial charge in [-0.05, 0) is 32.1 Å². The lowest BCUT2D eigenvalue weighted by atomic mass is 9.85. The van der Waals surface area contributed by atoms with Crippen molar-refractivity contribution in [2.45, 2.75) is 223 Å². The Bertz CT molecular complexity index is 1050. The van der Waals surface area contributed by atoms with E-state index in [4.69, 9.17) is 9.05 Å². The lowest BCUT2D eigenvalue weighted by molar-refractivity contribution is -0.220. The van der Waals surface area contributed by atoms with Crippen LogP contribution in [0.25, 0.3) is 0 Å². The summed E-state index contributed by atoms with van der Waals surface area (Å²) in [6.07, 6.45) is 18.8. The van der Waals surface area contributed by atoms with Crippen molar-refractivity contribution >= 4 is 13.7 Å². The van der Waals surface area contributed by atoms with Gasteiger partial charge in [0.2, 0.25) is 5.91 Å². The molecule has 0 aliphatic heterocycles. The topological polar surface area (TPSA) is 226 Å². The van der Waals surface area contributed by atoms with Crippen molar-refractivity contribution < 1.29 is 59.0 Å². The number of phosphoric ester groups is 1. The molecule has 14 heteroatoms. The molecule has 0 radical (unpaired) electrons. The summed E-state index contributed by atoms with van der Waals surface area (Å²) >= 11 is 0. The highest BCUT2D eigenvalue weighted by Crippen LogP contribution is 2.47. The molecule has 1 fully saturated rings. The summed E-state index contributed by atoms with van der Waals surface area (Å²) in [7, 11) is -5.14. The molecule has 0 aromatic carbocycles. The van der Waals surface area contributed by atoms with E-state index in [0.29, 0.717) is 12.8 Å². The van der Waals surface area contributed by atoms with E-state index in [1.165, 1.54) is 89.5 Å². The molecule has 1 saturated carbocycles. The number of aliphatic hydroxyl groups excluding tert-OH is 7. The predicted octanol–water partition coefficient (Wildman–Crippen LogP) is 6.03. The fourth-order valence-corrected chi connectivity index (χ4v) is 7.69. The fraction of sp³-hybridized carbons (Fsp3) is 0.878. The van der Waals surface area contributed by atoms with Gasteiger partial charge in [-0.3, -0.25) is 13.8 Å². The van der Waals surface area contributed by atoms with Gasteiger partial charge in [0.1, 0.15) is 36.6 Å². The van der Waals surface area contributed by atoms with Crippen LogP contribution < -0.4 is 5.32 Å². The molecular weight excluding hydrogens is 729 g/mol. The third-order valence-corrected chi connectivity index (χ3v) is 11.3. The van der Waals surface area contributed by atoms with Gasteiger partial charge in [0.25, 0.3) is 0 Å². The molecule has 1 rings (SSSR count). The number of carbonyl (C=O) groups is 1. The van der Waals surface area contributed by atoms with Crippen molar-refractivity contribution in [2.75, 3.05) is 6.61 Å². The van der Waals surface area contributed by atoms with Crippen LogP contribution in [0.15, 0.2) is 24.3 Å². The summed E-state index contributed by atoms with van der Waals surface area (Å²) in [6, 6.07) is -1.25. The van der Waals surface area contributed by atoms with E-state index < -0.39 is 75.2 Å². The van der Waals surface area contributed by atoms with E-state index in [0.717, 1.165) is 51.4 Å². The molecule has 1 aliphatic carbocycles. The summed E-state index contributed by atoms with van der Waals surface area (Å²) < 4.78 is 22.7. The molecule has 0 aromatic heterocycles. The molecule has 9 N–H and O–H groups in total. The standard InChI is InChI=1S/C41H78NO12P/c1-3-5-7-9-11-12-13-14-15-16-17-18-19-20-21-23-25-27-29-34(44)33(42-35(45)30-32(43)28-26-24-22-10-8-6-4-2)31-53-55(51,52)54-41-39(49)37(47)36(46)38(48)40(41)50/h20-21,27,29,32-34,36-41,43-44,46-50H,3-19,22-26,28,30-31H2,1-2H3,(H,42,45)(H,51,52)/b21-20+,29-27+. The lowest BCUT2D eigenvalue weighted by Crippen LogP contribution is -2.64. The number of phosphoric acid groups is 1. The number of unbranched alkanes of at least 4 members (excludes halogenated alkanes) is 19. The Hall–Kier alpha value is -1.22. The first-order valence-electron chi connectivity index (χ1n) is 21.4. The first kappa shape index (κ1) is 51.8. The number of carbonyl (C=O) groups excluding carboxylic acids is 1. The first-order chi connectivity index (χ1) is 26.3. The highest BCUT2D eigenvalue weighted by Gasteiger charge is 2.51. The second-order valence-electron chi connectivity index (χ2n) is 15.4. The van der Waals surface area contributed by atoms with Crippen molar-refractivity contribution in [3.05, 3.63) is 24.3 Å². The van der Waals surface area contributed by atoms with Crippen molar-refractivity contribution in [2.24, 2.45) is 0 Å². The van der Waals surface area contributed by atoms with Crippen LogP contribution >= 0.6 is 7.82 Å². The van der Waals surface area contributed by atoms with Crippen molar-refractivity contribution in [1.29, 1.82) is 0 Å². The Balaban J connectivity index is 2.60. The normalized spacial score (nSPS) is 24.6. The fourth-order valence-electron chi connectivity index (χ4n) is 6.73. The zero-order valence-corrected chi connectivity index (χ0v) is 34.7. The van der Waals surface area contributed by atoms with Gasteiger partial charge in [0.15, 0.2) is 0 Å². The van der Waals surface area contributed by atoms with Crippen LogP contribution in [0.4, 0.5) is 0 Å². The van der Waals surface area contributed by atoms with E-state index in [9.17, 15) is 50.0 Å². The molecular formula is C41H78NO12P. The van der Waals surface area contributed by atoms with Crippen molar-refractivity contribution in [3.63, 3.8) is 0 Å². The molecule has 1 aliphatic rings. The minimum Gasteiger partial charge on any atom is -0.393 e. The van der Waals surface area contributed by atoms with Crippen LogP contribution in [0.3, 0.4) is 0 Å². The summed E-state index contributed by atoms with van der Waals surface area (Å²) in [5.74, 6) is -0.607. The van der Waals surface area contributed by atoms with Crippen LogP contribution in [-0.2, 0) is 18.4 Å². The van der Waals surface area contributed by atoms with E-state index in [1.54, 1.807) is 6.08 Å². The summed E-state index contributed by atoms with van der Waals surface area (Å²) in [6.45, 7) is 3.65. The number of hydrogen-bond acceptors (Lipinski definition) is 11. The number of aliphatic hydroxyl groups is 7. The number of nitrogens with one attached hydrogen (secondary N) is 1. The number of hydrogen-bond donors (Lipinski definition) is 9. The van der Waals surface area contributed by atoms with Gasteiger partial charge in [-0.15, -0.1) is 0 Å². The van der Waals surface area contributed by atoms with Gasteiger partial charge in [-0.25, -0.2) is 4.57 Å². The second-order valence-corrected chi connectivity index (χ2v) is 16.8. The average molecular weight is 808 g/mol. The Morgan fingerprint density at radius 1 is 0.636 bits per heavy atom. The van der Waals surface area contributed by atoms with Gasteiger partial charge in [-0.2, -0.15) is 0 Å². The molecule has 0 saturated heterocycles. The molecule has 13 nitrogen and oxygen atoms in total. The SMILES string of the molecule is CCCCCCCCCCCCCC/C=C/CC/C=C/C(O)C(COP(=O)(O)OC1C(O)C(O)C(O)C(O)C1O)NC(=O)CC(O)CCCCCCCCC. The molecule has 324 valence electrons. The summed E-state index contributed by atoms with van der Waals surface area (Å²) in [4.78, 5) is 23.2. The monoisotopic (exact) mass is 808 g/mol. The van der Waals surface area contributed by atoms with Crippen molar-refractivity contribution in [3.8, 4) is 0 Å². The molecule has 55 heavy (non-hydrogen) atoms. The quantitative estimate of drug-likeness (QED) is 0.0207. The van der Waals surface area contributed by atoms with Crippen LogP contribution in [0.1, 0.15) is 168 Å². The van der Waals surface area contributed by atoms with E-state index in [1.807, 2.05) is 0 Å². The predicted molar refractivity (Wildman–Crippen MR) is 215 cm³/mol. The Kier molecular flexibility index (Phi) is 29.9. The third-order valence-electron chi connectivity index (χ3n) is 10.3. The van der Waals surface area contributed by atoms with Crippen LogP contribution in [-0.4, -0.2) is 108 Å². The first-order valence-corrected chi connectivity index (χ1v) is 22.9. The van der Waals surface area contributed by atoms with Gasteiger partial charge < -0.3 is 46.0 Å². The highest BCUT2D eigenvalue weighted by molar-refractivity contribution is 7.47. The Labute approximate surface area is 331 Å². The molecule has 0 heterocycles. The van der Waals surface area contributed by atoms with Gasteiger partial charge in [0, 0.05) is 0 Å². The molecule has 0 bridgehead atoms. The van der Waals surface area contributed by atoms with Gasteiger partial charge >= 0.3 is 7.82 Å². The number of rotatable bonds is 34. The highest BCUT2D eigenvalue weighted by atomic mass is 31.2. The smallest absolute Gasteiger partial charge is 0.393 e. The Morgan fingerprint density at radius 2 is 1.07 bits per heavy atom. The van der Waals surface area contributed by atoms with Gasteiger partial charge in [-0.1, -0.05) is 154 Å². The van der Waals surface area contributed by atoms with Crippen molar-refractivity contribution in [1.82, 2.24) is 5.32 Å². The number of amides is 1. The maximum Gasteiger partial charge on any atom is 0.472 e. The number of allylic oxidation sites excluding steroid dienone is 3. The van der Waals surface area contributed by atoms with E-state index in [-0.39, 0.29) is 6.42 Å². The molecule has 8 atom stereocenters. The largest absolute Gasteiger partial charge is 0.472 e. The van der Waals surface area contributed by atoms with Crippen LogP contribution in [0.5, 0.6) is 0 Å². The van der Waals surface area contributed by atoms with Gasteiger partial charge in [0.05, 0.1) is 31.3 Å². The summed E-state index contributed by atoms with van der Waals surface area (Å²) in [5.41, 5.74) is 0. The lowest BCUT2D eigenvalue weighted by Gasteiger charge is -2.41. The maximum absolute atomic E-state index is 12.9. The van der Waals surface area contributed by atoms with E-state index >= 15 is 0 Å². The minimum absolute atomic E-state index is 0.251. The van der Waals surface area contributed by atoms with Crippen LogP contribution in [0.2, 0.25) is 0 Å². The maximum atomic E-state index is 12.9. The van der Waals surface area contributed by atoms with E-state index in [2.05, 4.69) is 31.3 Å².